The number of nitrogens with zero attached hydrogens (tertiary/aromatic N) is 4. The van der Waals surface area contributed by atoms with Crippen LogP contribution in [0.15, 0.2) is 18.3 Å². The molecule has 0 unspecified atom stereocenters. The number of aromatic nitrogens is 3. The average Bonchev–Trinajstić information content (AvgIpc) is 2.80. The number of esters is 1. The van der Waals surface area contributed by atoms with Crippen molar-refractivity contribution in [1.82, 2.24) is 14.8 Å². The van der Waals surface area contributed by atoms with E-state index in [0.717, 1.165) is 0 Å². The molecule has 7 heteroatoms. The molecule has 0 amide bonds. The van der Waals surface area contributed by atoms with Gasteiger partial charge in [-0.3, -0.25) is 4.68 Å². The first kappa shape index (κ1) is 14.5. The topological polar surface area (TPSA) is 107 Å². The van der Waals surface area contributed by atoms with Crippen LogP contribution in [0.5, 0.6) is 0 Å². The molecule has 108 valence electrons. The number of pyridine rings is 1. The zero-order valence-corrected chi connectivity index (χ0v) is 11.8. The van der Waals surface area contributed by atoms with Crippen molar-refractivity contribution in [2.24, 2.45) is 0 Å². The van der Waals surface area contributed by atoms with Gasteiger partial charge in [-0.2, -0.15) is 10.4 Å². The van der Waals surface area contributed by atoms with E-state index < -0.39 is 5.97 Å². The molecule has 0 aliphatic heterocycles. The smallest absolute Gasteiger partial charge is 0.359 e. The number of anilines is 1. The van der Waals surface area contributed by atoms with Crippen molar-refractivity contribution in [3.05, 3.63) is 41.0 Å². The van der Waals surface area contributed by atoms with Crippen molar-refractivity contribution in [2.45, 2.75) is 27.0 Å². The Labute approximate surface area is 122 Å². The lowest BCUT2D eigenvalue weighted by Crippen LogP contribution is -2.14. The van der Waals surface area contributed by atoms with E-state index in [4.69, 9.17) is 15.7 Å². The summed E-state index contributed by atoms with van der Waals surface area (Å²) in [7, 11) is 0. The molecule has 0 aliphatic carbocycles. The monoisotopic (exact) mass is 285 g/mol. The van der Waals surface area contributed by atoms with Gasteiger partial charge < -0.3 is 10.5 Å². The fraction of sp³-hybridized carbons (Fsp3) is 0.286. The minimum Gasteiger partial charge on any atom is -0.456 e. The van der Waals surface area contributed by atoms with Gasteiger partial charge in [-0.05, 0) is 31.5 Å². The van der Waals surface area contributed by atoms with Gasteiger partial charge in [-0.1, -0.05) is 0 Å². The number of carbonyl (C=O) groups is 1. The lowest BCUT2D eigenvalue weighted by Gasteiger charge is -2.07. The van der Waals surface area contributed by atoms with E-state index >= 15 is 0 Å². The summed E-state index contributed by atoms with van der Waals surface area (Å²) in [4.78, 5) is 16.0. The number of nitrogen functional groups attached to an aromatic ring is 1. The summed E-state index contributed by atoms with van der Waals surface area (Å²) in [5.41, 5.74) is 8.00. The highest BCUT2D eigenvalue weighted by Crippen LogP contribution is 2.18. The first-order valence-corrected chi connectivity index (χ1v) is 6.41. The molecule has 2 rings (SSSR count). The highest BCUT2D eigenvalue weighted by Gasteiger charge is 2.20. The van der Waals surface area contributed by atoms with E-state index in [-0.39, 0.29) is 18.0 Å². The predicted molar refractivity (Wildman–Crippen MR) is 75.1 cm³/mol. The number of nitriles is 1. The number of rotatable bonds is 4. The zero-order valence-electron chi connectivity index (χ0n) is 11.8. The third kappa shape index (κ3) is 3.00. The van der Waals surface area contributed by atoms with E-state index in [2.05, 4.69) is 10.1 Å². The van der Waals surface area contributed by atoms with Gasteiger partial charge in [0.15, 0.2) is 5.69 Å². The first-order valence-electron chi connectivity index (χ1n) is 6.41. The summed E-state index contributed by atoms with van der Waals surface area (Å²) in [6, 6.07) is 5.18. The molecule has 2 heterocycles. The third-order valence-corrected chi connectivity index (χ3v) is 2.98. The van der Waals surface area contributed by atoms with Crippen LogP contribution in [0.4, 0.5) is 5.69 Å². The van der Waals surface area contributed by atoms with Crippen molar-refractivity contribution in [3.63, 3.8) is 0 Å². The summed E-state index contributed by atoms with van der Waals surface area (Å²) in [6.45, 7) is 4.17. The van der Waals surface area contributed by atoms with Gasteiger partial charge >= 0.3 is 5.97 Å². The standard InChI is InChI=1S/C14H15N5O2/c1-3-19-13(12(16)9(2)18-19)14(20)21-8-10-4-5-17-11(6-10)7-15/h4-6H,3,8,16H2,1-2H3. The van der Waals surface area contributed by atoms with Crippen molar-refractivity contribution in [2.75, 3.05) is 5.73 Å². The molecule has 0 atom stereocenters. The molecule has 0 fully saturated rings. The molecule has 2 aromatic rings. The molecule has 0 aromatic carbocycles. The van der Waals surface area contributed by atoms with E-state index in [1.807, 2.05) is 13.0 Å². The normalized spacial score (nSPS) is 10.1. The second kappa shape index (κ2) is 6.05. The van der Waals surface area contributed by atoms with Crippen LogP contribution in [0.1, 0.15) is 34.4 Å². The number of carbonyl (C=O) groups excluding carboxylic acids is 1. The van der Waals surface area contributed by atoms with Crippen LogP contribution in [0.2, 0.25) is 0 Å². The van der Waals surface area contributed by atoms with Crippen molar-refractivity contribution in [3.8, 4) is 6.07 Å². The second-order valence-electron chi connectivity index (χ2n) is 4.40. The van der Waals surface area contributed by atoms with Crippen LogP contribution in [0, 0.1) is 18.3 Å². The van der Waals surface area contributed by atoms with Crippen molar-refractivity contribution >= 4 is 11.7 Å². The molecule has 0 radical (unpaired) electrons. The van der Waals surface area contributed by atoms with Crippen molar-refractivity contribution in [1.29, 1.82) is 5.26 Å². The summed E-state index contributed by atoms with van der Waals surface area (Å²) in [5, 5.41) is 12.9. The Hall–Kier alpha value is -2.88. The summed E-state index contributed by atoms with van der Waals surface area (Å²) >= 11 is 0. The van der Waals surface area contributed by atoms with E-state index in [1.54, 1.807) is 19.1 Å². The number of hydrogen-bond donors (Lipinski definition) is 1. The molecule has 2 aromatic heterocycles. The number of nitrogens with two attached hydrogens (primary N) is 1. The predicted octanol–water partition coefficient (Wildman–Crippen LogP) is 1.42. The molecule has 0 spiro atoms. The molecule has 2 N–H and O–H groups in total. The Morgan fingerprint density at radius 3 is 3.00 bits per heavy atom. The van der Waals surface area contributed by atoms with E-state index in [9.17, 15) is 4.79 Å². The fourth-order valence-corrected chi connectivity index (χ4v) is 1.88. The summed E-state index contributed by atoms with van der Waals surface area (Å²) in [5.74, 6) is -0.537. The van der Waals surface area contributed by atoms with Crippen LogP contribution >= 0.6 is 0 Å². The maximum Gasteiger partial charge on any atom is 0.359 e. The van der Waals surface area contributed by atoms with Gasteiger partial charge in [0.25, 0.3) is 0 Å². The van der Waals surface area contributed by atoms with Gasteiger partial charge in [0.1, 0.15) is 18.4 Å². The van der Waals surface area contributed by atoms with Gasteiger partial charge in [0.2, 0.25) is 0 Å². The van der Waals surface area contributed by atoms with Gasteiger partial charge in [0.05, 0.1) is 11.4 Å². The van der Waals surface area contributed by atoms with Crippen LogP contribution < -0.4 is 5.73 Å². The molecule has 0 aliphatic rings. The molecule has 0 bridgehead atoms. The van der Waals surface area contributed by atoms with E-state index in [1.165, 1.54) is 10.9 Å². The van der Waals surface area contributed by atoms with Crippen LogP contribution in [0.3, 0.4) is 0 Å². The minimum absolute atomic E-state index is 0.0451. The Morgan fingerprint density at radius 2 is 2.33 bits per heavy atom. The maximum absolute atomic E-state index is 12.1. The highest BCUT2D eigenvalue weighted by atomic mass is 16.5. The van der Waals surface area contributed by atoms with Gasteiger partial charge in [-0.25, -0.2) is 9.78 Å². The number of aryl methyl sites for hydroxylation is 2. The molecule has 7 nitrogen and oxygen atoms in total. The molecule has 21 heavy (non-hydrogen) atoms. The lowest BCUT2D eigenvalue weighted by molar-refractivity contribution is 0.0459. The third-order valence-electron chi connectivity index (χ3n) is 2.98. The zero-order chi connectivity index (χ0) is 15.4. The van der Waals surface area contributed by atoms with Gasteiger partial charge in [-0.15, -0.1) is 0 Å². The number of ether oxygens (including phenoxy) is 1. The summed E-state index contributed by atoms with van der Waals surface area (Å²) < 4.78 is 6.75. The Bertz CT molecular complexity index is 715. The van der Waals surface area contributed by atoms with Gasteiger partial charge in [0, 0.05) is 12.7 Å². The Kier molecular flexibility index (Phi) is 4.18. The van der Waals surface area contributed by atoms with Crippen LogP contribution in [0.25, 0.3) is 0 Å². The maximum atomic E-state index is 12.1. The average molecular weight is 285 g/mol. The largest absolute Gasteiger partial charge is 0.456 e. The van der Waals surface area contributed by atoms with Crippen LogP contribution in [-0.4, -0.2) is 20.7 Å². The van der Waals surface area contributed by atoms with E-state index in [0.29, 0.717) is 23.5 Å². The fourth-order valence-electron chi connectivity index (χ4n) is 1.88. The molecular formula is C14H15N5O2. The summed E-state index contributed by atoms with van der Waals surface area (Å²) in [6.07, 6.45) is 1.50. The number of hydrogen-bond acceptors (Lipinski definition) is 6. The van der Waals surface area contributed by atoms with Crippen LogP contribution in [-0.2, 0) is 17.9 Å². The quantitative estimate of drug-likeness (QED) is 0.851. The minimum atomic E-state index is -0.537. The highest BCUT2D eigenvalue weighted by molar-refractivity contribution is 5.93. The lowest BCUT2D eigenvalue weighted by atomic mass is 10.2. The molecular weight excluding hydrogens is 270 g/mol. The first-order chi connectivity index (χ1) is 10.1. The van der Waals surface area contributed by atoms with Crippen molar-refractivity contribution < 1.29 is 9.53 Å². The Balaban J connectivity index is 2.14. The molecule has 0 saturated heterocycles. The molecule has 0 saturated carbocycles. The Morgan fingerprint density at radius 1 is 1.57 bits per heavy atom. The second-order valence-corrected chi connectivity index (χ2v) is 4.40. The SMILES string of the molecule is CCn1nc(C)c(N)c1C(=O)OCc1ccnc(C#N)c1.